The van der Waals surface area contributed by atoms with E-state index in [0.717, 1.165) is 35.7 Å². The summed E-state index contributed by atoms with van der Waals surface area (Å²) in [5.41, 5.74) is 5.62. The Labute approximate surface area is 208 Å². The molecule has 4 rings (SSSR count). The van der Waals surface area contributed by atoms with E-state index in [1.807, 2.05) is 30.3 Å². The maximum absolute atomic E-state index is 14.2. The summed E-state index contributed by atoms with van der Waals surface area (Å²) in [6.07, 6.45) is 4.09. The van der Waals surface area contributed by atoms with Crippen LogP contribution < -0.4 is 5.32 Å². The third kappa shape index (κ3) is 4.91. The second-order valence-corrected chi connectivity index (χ2v) is 8.41. The number of nitrogens with zero attached hydrogens (tertiary/aromatic N) is 2. The van der Waals surface area contributed by atoms with Crippen LogP contribution in [-0.4, -0.2) is 21.7 Å². The highest BCUT2D eigenvalue weighted by Crippen LogP contribution is 2.37. The summed E-state index contributed by atoms with van der Waals surface area (Å²) >= 11 is 0. The number of anilines is 1. The molecule has 0 spiro atoms. The number of carbonyl (C=O) groups excluding carboxylic acids is 2. The van der Waals surface area contributed by atoms with Gasteiger partial charge in [-0.15, -0.1) is 0 Å². The van der Waals surface area contributed by atoms with E-state index in [0.29, 0.717) is 22.5 Å². The third-order valence-corrected chi connectivity index (χ3v) is 5.96. The average molecular weight is 486 g/mol. The highest BCUT2D eigenvalue weighted by atomic mass is 19.3. The van der Waals surface area contributed by atoms with Crippen molar-refractivity contribution in [2.75, 3.05) is 5.32 Å². The summed E-state index contributed by atoms with van der Waals surface area (Å²) in [7, 11) is 0. The average Bonchev–Trinajstić information content (AvgIpc) is 2.88. The second kappa shape index (κ2) is 10.2. The number of alkyl halides is 2. The van der Waals surface area contributed by atoms with Gasteiger partial charge in [0.1, 0.15) is 0 Å². The van der Waals surface area contributed by atoms with Gasteiger partial charge in [-0.3, -0.25) is 19.6 Å². The number of ketones is 1. The maximum Gasteiger partial charge on any atom is 0.330 e. The number of hydrogen-bond donors (Lipinski definition) is 1. The molecule has 0 aliphatic rings. The Morgan fingerprint density at radius 3 is 2.11 bits per heavy atom. The number of carbonyl (C=O) groups is 2. The lowest BCUT2D eigenvalue weighted by Crippen LogP contribution is -2.22. The van der Waals surface area contributed by atoms with Crippen LogP contribution in [0.5, 0.6) is 0 Å². The number of halogens is 2. The summed E-state index contributed by atoms with van der Waals surface area (Å²) in [4.78, 5) is 32.5. The molecule has 1 heterocycles. The minimum Gasteiger partial charge on any atom is -0.326 e. The van der Waals surface area contributed by atoms with Crippen LogP contribution >= 0.6 is 0 Å². The van der Waals surface area contributed by atoms with Gasteiger partial charge in [0, 0.05) is 54.2 Å². The molecule has 1 aromatic heterocycles. The van der Waals surface area contributed by atoms with Crippen molar-refractivity contribution in [1.29, 1.82) is 0 Å². The van der Waals surface area contributed by atoms with Crippen molar-refractivity contribution >= 4 is 17.4 Å². The van der Waals surface area contributed by atoms with Crippen LogP contribution in [-0.2, 0) is 21.9 Å². The number of rotatable bonds is 7. The largest absolute Gasteiger partial charge is 0.330 e. The Balaban J connectivity index is 1.86. The minimum atomic E-state index is -3.57. The first kappa shape index (κ1) is 24.9. The highest BCUT2D eigenvalue weighted by molar-refractivity contribution is 5.96. The molecule has 4 aromatic rings. The van der Waals surface area contributed by atoms with Crippen molar-refractivity contribution in [3.8, 4) is 33.6 Å². The van der Waals surface area contributed by atoms with Gasteiger partial charge < -0.3 is 5.32 Å². The lowest BCUT2D eigenvalue weighted by molar-refractivity contribution is -0.141. The zero-order valence-corrected chi connectivity index (χ0v) is 20.2. The van der Waals surface area contributed by atoms with Gasteiger partial charge in [0.25, 0.3) is 0 Å². The molecule has 5 nitrogen and oxygen atoms in total. The molecule has 1 amide bonds. The number of aryl methyl sites for hydroxylation is 1. The van der Waals surface area contributed by atoms with E-state index in [2.05, 4.69) is 28.3 Å². The van der Waals surface area contributed by atoms with Gasteiger partial charge in [0.2, 0.25) is 11.7 Å². The molecule has 36 heavy (non-hydrogen) atoms. The molecule has 182 valence electrons. The smallest absolute Gasteiger partial charge is 0.326 e. The summed E-state index contributed by atoms with van der Waals surface area (Å²) in [6, 6.07) is 18.9. The summed E-state index contributed by atoms with van der Waals surface area (Å²) in [5, 5.41) is 2.80. The van der Waals surface area contributed by atoms with Crippen molar-refractivity contribution in [3.05, 3.63) is 90.3 Å². The van der Waals surface area contributed by atoms with E-state index < -0.39 is 11.7 Å². The van der Waals surface area contributed by atoms with E-state index in [-0.39, 0.29) is 11.5 Å². The Morgan fingerprint density at radius 2 is 1.47 bits per heavy atom. The number of amides is 1. The van der Waals surface area contributed by atoms with Crippen molar-refractivity contribution in [2.45, 2.75) is 33.1 Å². The van der Waals surface area contributed by atoms with Crippen molar-refractivity contribution in [3.63, 3.8) is 0 Å². The predicted molar refractivity (Wildman–Crippen MR) is 137 cm³/mol. The van der Waals surface area contributed by atoms with Gasteiger partial charge >= 0.3 is 5.92 Å². The quantitative estimate of drug-likeness (QED) is 0.317. The van der Waals surface area contributed by atoms with Crippen molar-refractivity contribution in [1.82, 2.24) is 9.97 Å². The standard InChI is InChI=1S/C29H25F2N3O2/c1-4-20-7-5-6-8-24(20)28-27(32-15-16-33-28)22-11-14-26(34-19(3)36)25(17-22)21-9-12-23(13-10-21)29(30,31)18(2)35/h5-17H,4H2,1-3H3,(H,34,36). The fourth-order valence-corrected chi connectivity index (χ4v) is 4.10. The molecule has 1 N–H and O–H groups in total. The molecule has 0 bridgehead atoms. The van der Waals surface area contributed by atoms with Gasteiger partial charge in [-0.05, 0) is 29.7 Å². The van der Waals surface area contributed by atoms with Crippen LogP contribution in [0.3, 0.4) is 0 Å². The first-order valence-corrected chi connectivity index (χ1v) is 11.5. The Morgan fingerprint density at radius 1 is 0.833 bits per heavy atom. The third-order valence-electron chi connectivity index (χ3n) is 5.96. The molecule has 0 aliphatic carbocycles. The van der Waals surface area contributed by atoms with Gasteiger partial charge in [0.05, 0.1) is 11.4 Å². The second-order valence-electron chi connectivity index (χ2n) is 8.41. The molecule has 3 aromatic carbocycles. The number of hydrogen-bond acceptors (Lipinski definition) is 4. The monoisotopic (exact) mass is 485 g/mol. The summed E-state index contributed by atoms with van der Waals surface area (Å²) < 4.78 is 28.4. The Hall–Kier alpha value is -4.26. The lowest BCUT2D eigenvalue weighted by atomic mass is 9.94. The molecule has 0 radical (unpaired) electrons. The lowest BCUT2D eigenvalue weighted by Gasteiger charge is -2.16. The molecule has 0 saturated heterocycles. The SMILES string of the molecule is CCc1ccccc1-c1nccnc1-c1ccc(NC(C)=O)c(-c2ccc(C(F)(F)C(C)=O)cc2)c1. The number of benzene rings is 3. The van der Waals surface area contributed by atoms with Crippen LogP contribution in [0.4, 0.5) is 14.5 Å². The summed E-state index contributed by atoms with van der Waals surface area (Å²) in [6.45, 7) is 4.34. The zero-order valence-electron chi connectivity index (χ0n) is 20.2. The van der Waals surface area contributed by atoms with Crippen molar-refractivity contribution < 1.29 is 18.4 Å². The van der Waals surface area contributed by atoms with E-state index in [4.69, 9.17) is 0 Å². The van der Waals surface area contributed by atoms with Crippen LogP contribution in [0.25, 0.3) is 33.6 Å². The molecular weight excluding hydrogens is 460 g/mol. The Bertz CT molecular complexity index is 1430. The van der Waals surface area contributed by atoms with Gasteiger partial charge in [-0.2, -0.15) is 8.78 Å². The van der Waals surface area contributed by atoms with E-state index >= 15 is 0 Å². The molecule has 0 atom stereocenters. The predicted octanol–water partition coefficient (Wildman–Crippen LogP) is 6.68. The van der Waals surface area contributed by atoms with E-state index in [9.17, 15) is 18.4 Å². The first-order chi connectivity index (χ1) is 17.2. The fourth-order valence-electron chi connectivity index (χ4n) is 4.10. The maximum atomic E-state index is 14.2. The Kier molecular flexibility index (Phi) is 7.01. The molecule has 0 saturated carbocycles. The number of nitrogens with one attached hydrogen (secondary N) is 1. The van der Waals surface area contributed by atoms with Gasteiger partial charge in [0.15, 0.2) is 0 Å². The van der Waals surface area contributed by atoms with Crippen LogP contribution in [0, 0.1) is 0 Å². The van der Waals surface area contributed by atoms with Crippen LogP contribution in [0.15, 0.2) is 79.1 Å². The molecule has 0 unspecified atom stereocenters. The molecule has 7 heteroatoms. The first-order valence-electron chi connectivity index (χ1n) is 11.5. The zero-order chi connectivity index (χ0) is 25.9. The molecular formula is C29H25F2N3O2. The minimum absolute atomic E-state index is 0.263. The fraction of sp³-hybridized carbons (Fsp3) is 0.172. The highest BCUT2D eigenvalue weighted by Gasteiger charge is 2.37. The van der Waals surface area contributed by atoms with Crippen LogP contribution in [0.2, 0.25) is 0 Å². The topological polar surface area (TPSA) is 72.0 Å². The van der Waals surface area contributed by atoms with Crippen LogP contribution in [0.1, 0.15) is 31.9 Å². The molecule has 0 aliphatic heterocycles. The van der Waals surface area contributed by atoms with Crippen molar-refractivity contribution in [2.24, 2.45) is 0 Å². The van der Waals surface area contributed by atoms with E-state index in [1.165, 1.54) is 31.2 Å². The molecule has 0 fully saturated rings. The summed E-state index contributed by atoms with van der Waals surface area (Å²) in [5.74, 6) is -5.05. The number of Topliss-reactive ketones (excluding diaryl/α,β-unsaturated/α-hetero) is 1. The van der Waals surface area contributed by atoms with Gasteiger partial charge in [-0.1, -0.05) is 61.5 Å². The normalized spacial score (nSPS) is 11.2. The number of aromatic nitrogens is 2. The van der Waals surface area contributed by atoms with Gasteiger partial charge in [-0.25, -0.2) is 0 Å². The van der Waals surface area contributed by atoms with E-state index in [1.54, 1.807) is 18.5 Å².